The van der Waals surface area contributed by atoms with E-state index in [0.29, 0.717) is 24.8 Å². The Bertz CT molecular complexity index is 577. The molecule has 2 atom stereocenters. The molecule has 4 nitrogen and oxygen atoms in total. The minimum atomic E-state index is -0.335. The van der Waals surface area contributed by atoms with Crippen molar-refractivity contribution in [2.45, 2.75) is 53.5 Å². The second-order valence-corrected chi connectivity index (χ2v) is 8.18. The molecule has 0 radical (unpaired) electrons. The van der Waals surface area contributed by atoms with Crippen LogP contribution < -0.4 is 5.32 Å². The van der Waals surface area contributed by atoms with Crippen LogP contribution in [0.1, 0.15) is 52.5 Å². The molecule has 2 amide bonds. The number of amides is 2. The lowest BCUT2D eigenvalue weighted by molar-refractivity contribution is -0.142. The van der Waals surface area contributed by atoms with Crippen LogP contribution in [0.3, 0.4) is 0 Å². The topological polar surface area (TPSA) is 49.4 Å². The van der Waals surface area contributed by atoms with E-state index in [1.165, 1.54) is 0 Å². The molecule has 0 spiro atoms. The molecule has 1 N–H and O–H groups in total. The number of rotatable bonds is 5. The highest BCUT2D eigenvalue weighted by atomic mass is 16.2. The van der Waals surface area contributed by atoms with Gasteiger partial charge in [0.25, 0.3) is 0 Å². The van der Waals surface area contributed by atoms with E-state index in [9.17, 15) is 9.59 Å². The van der Waals surface area contributed by atoms with Gasteiger partial charge in [0.2, 0.25) is 11.8 Å². The summed E-state index contributed by atoms with van der Waals surface area (Å²) in [7, 11) is 0. The molecule has 138 valence electrons. The maximum Gasteiger partial charge on any atom is 0.227 e. The van der Waals surface area contributed by atoms with Gasteiger partial charge in [0.15, 0.2) is 0 Å². The van der Waals surface area contributed by atoms with Crippen LogP contribution in [-0.2, 0) is 16.1 Å². The first kappa shape index (κ1) is 19.5. The quantitative estimate of drug-likeness (QED) is 0.887. The van der Waals surface area contributed by atoms with Gasteiger partial charge in [-0.2, -0.15) is 0 Å². The van der Waals surface area contributed by atoms with Crippen molar-refractivity contribution in [3.05, 3.63) is 35.9 Å². The number of piperidine rings is 1. The molecule has 0 unspecified atom stereocenters. The Morgan fingerprint density at radius 3 is 2.44 bits per heavy atom. The first-order valence-corrected chi connectivity index (χ1v) is 9.41. The Kier molecular flexibility index (Phi) is 6.63. The van der Waals surface area contributed by atoms with Gasteiger partial charge in [-0.3, -0.25) is 9.59 Å². The summed E-state index contributed by atoms with van der Waals surface area (Å²) in [5.41, 5.74) is 0.784. The fraction of sp³-hybridized carbons (Fsp3) is 0.619. The van der Waals surface area contributed by atoms with Crippen LogP contribution in [0.4, 0.5) is 0 Å². The smallest absolute Gasteiger partial charge is 0.227 e. The van der Waals surface area contributed by atoms with Gasteiger partial charge < -0.3 is 10.2 Å². The Morgan fingerprint density at radius 1 is 1.16 bits per heavy atom. The number of likely N-dealkylation sites (tertiary alicyclic amines) is 1. The molecule has 1 fully saturated rings. The van der Waals surface area contributed by atoms with E-state index in [1.54, 1.807) is 0 Å². The number of nitrogens with one attached hydrogen (secondary N) is 1. The van der Waals surface area contributed by atoms with Crippen molar-refractivity contribution in [3.8, 4) is 0 Å². The first-order valence-electron chi connectivity index (χ1n) is 9.41. The van der Waals surface area contributed by atoms with Crippen molar-refractivity contribution in [1.82, 2.24) is 10.2 Å². The zero-order valence-electron chi connectivity index (χ0n) is 16.0. The summed E-state index contributed by atoms with van der Waals surface area (Å²) in [5, 5.41) is 3.03. The maximum absolute atomic E-state index is 12.5. The summed E-state index contributed by atoms with van der Waals surface area (Å²) >= 11 is 0. The summed E-state index contributed by atoms with van der Waals surface area (Å²) in [6, 6.07) is 9.98. The van der Waals surface area contributed by atoms with Crippen LogP contribution in [0.25, 0.3) is 0 Å². The molecule has 0 saturated carbocycles. The van der Waals surface area contributed by atoms with E-state index in [2.05, 4.69) is 12.2 Å². The average molecular weight is 344 g/mol. The zero-order valence-corrected chi connectivity index (χ0v) is 16.0. The maximum atomic E-state index is 12.5. The normalized spacial score (nSPS) is 21.0. The Hall–Kier alpha value is -1.84. The van der Waals surface area contributed by atoms with Crippen LogP contribution in [0.15, 0.2) is 30.3 Å². The van der Waals surface area contributed by atoms with Crippen molar-refractivity contribution in [1.29, 1.82) is 0 Å². The van der Waals surface area contributed by atoms with Crippen LogP contribution in [-0.4, -0.2) is 29.8 Å². The second-order valence-electron chi connectivity index (χ2n) is 8.18. The molecule has 0 aromatic heterocycles. The number of benzene rings is 1. The number of nitrogens with zero attached hydrogens (tertiary/aromatic N) is 1. The third-order valence-electron chi connectivity index (χ3n) is 5.12. The predicted octanol–water partition coefficient (Wildman–Crippen LogP) is 3.61. The highest BCUT2D eigenvalue weighted by Crippen LogP contribution is 2.31. The molecule has 1 heterocycles. The summed E-state index contributed by atoms with van der Waals surface area (Å²) in [6.45, 7) is 10.2. The van der Waals surface area contributed by atoms with Crippen molar-refractivity contribution in [3.63, 3.8) is 0 Å². The molecule has 1 aromatic rings. The van der Waals surface area contributed by atoms with Crippen molar-refractivity contribution < 1.29 is 9.59 Å². The lowest BCUT2D eigenvalue weighted by Crippen LogP contribution is -2.48. The van der Waals surface area contributed by atoms with Gasteiger partial charge in [-0.1, -0.05) is 64.4 Å². The number of carbonyl (C=O) groups is 2. The fourth-order valence-corrected chi connectivity index (χ4v) is 3.58. The molecular formula is C21H32N2O2. The lowest BCUT2D eigenvalue weighted by atomic mass is 9.80. The van der Waals surface area contributed by atoms with Gasteiger partial charge >= 0.3 is 0 Å². The standard InChI is InChI=1S/C21H32N2O2/c1-5-17-15-23(20(25)21(2,3)4)12-11-18(17)13-19(24)22-14-16-9-7-6-8-10-16/h6-10,17-18H,5,11-15H2,1-4H3,(H,22,24)/t17-,18+/m1/s1. The van der Waals surface area contributed by atoms with Gasteiger partial charge in [-0.25, -0.2) is 0 Å². The van der Waals surface area contributed by atoms with Crippen molar-refractivity contribution >= 4 is 11.8 Å². The van der Waals surface area contributed by atoms with Gasteiger partial charge in [0.1, 0.15) is 0 Å². The monoisotopic (exact) mass is 344 g/mol. The third-order valence-corrected chi connectivity index (χ3v) is 5.12. The number of carbonyl (C=O) groups excluding carboxylic acids is 2. The molecule has 1 saturated heterocycles. The van der Waals surface area contributed by atoms with Gasteiger partial charge in [-0.15, -0.1) is 0 Å². The molecular weight excluding hydrogens is 312 g/mol. The molecule has 2 rings (SSSR count). The molecule has 4 heteroatoms. The molecule has 0 bridgehead atoms. The molecule has 25 heavy (non-hydrogen) atoms. The van der Waals surface area contributed by atoms with Crippen LogP contribution in [0.2, 0.25) is 0 Å². The van der Waals surface area contributed by atoms with E-state index < -0.39 is 0 Å². The van der Waals surface area contributed by atoms with E-state index in [1.807, 2.05) is 56.0 Å². The summed E-state index contributed by atoms with van der Waals surface area (Å²) in [5.74, 6) is 1.10. The highest BCUT2D eigenvalue weighted by molar-refractivity contribution is 5.81. The van der Waals surface area contributed by atoms with Gasteiger partial charge in [0.05, 0.1) is 0 Å². The summed E-state index contributed by atoms with van der Waals surface area (Å²) in [6.07, 6.45) is 2.48. The van der Waals surface area contributed by atoms with Crippen LogP contribution >= 0.6 is 0 Å². The SMILES string of the molecule is CC[C@@H]1CN(C(=O)C(C)(C)C)CC[C@H]1CC(=O)NCc1ccccc1. The van der Waals surface area contributed by atoms with Crippen LogP contribution in [0, 0.1) is 17.3 Å². The Labute approximate surface area is 152 Å². The minimum Gasteiger partial charge on any atom is -0.352 e. The van der Waals surface area contributed by atoms with Gasteiger partial charge in [-0.05, 0) is 23.8 Å². The van der Waals surface area contributed by atoms with E-state index in [-0.39, 0.29) is 17.2 Å². The highest BCUT2D eigenvalue weighted by Gasteiger charge is 2.35. The van der Waals surface area contributed by atoms with Crippen molar-refractivity contribution in [2.75, 3.05) is 13.1 Å². The zero-order chi connectivity index (χ0) is 18.4. The molecule has 1 aliphatic heterocycles. The fourth-order valence-electron chi connectivity index (χ4n) is 3.58. The van der Waals surface area contributed by atoms with E-state index >= 15 is 0 Å². The lowest BCUT2D eigenvalue weighted by Gasteiger charge is -2.40. The number of hydrogen-bond acceptors (Lipinski definition) is 2. The average Bonchev–Trinajstić information content (AvgIpc) is 2.59. The van der Waals surface area contributed by atoms with Gasteiger partial charge in [0, 0.05) is 31.5 Å². The Balaban J connectivity index is 1.86. The predicted molar refractivity (Wildman–Crippen MR) is 101 cm³/mol. The minimum absolute atomic E-state index is 0.114. The summed E-state index contributed by atoms with van der Waals surface area (Å²) in [4.78, 5) is 26.8. The second kappa shape index (κ2) is 8.50. The van der Waals surface area contributed by atoms with E-state index in [0.717, 1.165) is 31.5 Å². The summed E-state index contributed by atoms with van der Waals surface area (Å²) < 4.78 is 0. The Morgan fingerprint density at radius 2 is 1.84 bits per heavy atom. The number of hydrogen-bond donors (Lipinski definition) is 1. The largest absolute Gasteiger partial charge is 0.352 e. The molecule has 1 aliphatic rings. The molecule has 1 aromatic carbocycles. The first-order chi connectivity index (χ1) is 11.8. The third kappa shape index (κ3) is 5.58. The molecule has 0 aliphatic carbocycles. The van der Waals surface area contributed by atoms with Crippen LogP contribution in [0.5, 0.6) is 0 Å². The van der Waals surface area contributed by atoms with E-state index in [4.69, 9.17) is 0 Å². The van der Waals surface area contributed by atoms with Crippen molar-refractivity contribution in [2.24, 2.45) is 17.3 Å².